The van der Waals surface area contributed by atoms with Crippen molar-refractivity contribution in [3.8, 4) is 0 Å². The van der Waals surface area contributed by atoms with Crippen LogP contribution in [0.15, 0.2) is 42.5 Å². The van der Waals surface area contributed by atoms with Crippen LogP contribution in [0.5, 0.6) is 0 Å². The summed E-state index contributed by atoms with van der Waals surface area (Å²) in [6, 6.07) is 9.51. The van der Waals surface area contributed by atoms with E-state index in [0.29, 0.717) is 12.0 Å². The lowest BCUT2D eigenvalue weighted by molar-refractivity contribution is -0.137. The van der Waals surface area contributed by atoms with E-state index >= 15 is 0 Å². The van der Waals surface area contributed by atoms with Crippen molar-refractivity contribution < 1.29 is 18.0 Å². The highest BCUT2D eigenvalue weighted by Crippen LogP contribution is 2.29. The lowest BCUT2D eigenvalue weighted by atomic mass is 10.0. The van der Waals surface area contributed by atoms with Crippen LogP contribution in [0, 0.1) is 0 Å². The van der Waals surface area contributed by atoms with Gasteiger partial charge in [-0.1, -0.05) is 41.4 Å². The number of aryl methyl sites for hydroxylation is 1. The molecular weight excluding hydrogens is 336 g/mol. The lowest BCUT2D eigenvalue weighted by Crippen LogP contribution is -2.05. The highest BCUT2D eigenvalue weighted by Gasteiger charge is 2.29. The largest absolute Gasteiger partial charge is 0.416 e. The van der Waals surface area contributed by atoms with Crippen LogP contribution in [0.4, 0.5) is 13.2 Å². The van der Waals surface area contributed by atoms with Gasteiger partial charge in [-0.05, 0) is 36.2 Å². The minimum atomic E-state index is -4.36. The van der Waals surface area contributed by atoms with Crippen molar-refractivity contribution in [1.29, 1.82) is 0 Å². The Kier molecular flexibility index (Phi) is 5.14. The number of carbonyl (C=O) groups is 1. The van der Waals surface area contributed by atoms with Gasteiger partial charge >= 0.3 is 6.18 Å². The summed E-state index contributed by atoms with van der Waals surface area (Å²) in [5.41, 5.74) is 0.180. The molecule has 0 aliphatic carbocycles. The second kappa shape index (κ2) is 6.71. The first-order valence-electron chi connectivity index (χ1n) is 6.42. The van der Waals surface area contributed by atoms with Crippen LogP contribution in [-0.4, -0.2) is 5.78 Å². The van der Waals surface area contributed by atoms with Gasteiger partial charge in [-0.2, -0.15) is 13.2 Å². The van der Waals surface area contributed by atoms with E-state index in [1.165, 1.54) is 12.1 Å². The topological polar surface area (TPSA) is 17.1 Å². The molecule has 0 unspecified atom stereocenters. The summed E-state index contributed by atoms with van der Waals surface area (Å²) in [4.78, 5) is 12.1. The maximum absolute atomic E-state index is 12.5. The molecule has 0 bridgehead atoms. The van der Waals surface area contributed by atoms with Crippen molar-refractivity contribution in [2.75, 3.05) is 0 Å². The molecular formula is C16H11Cl2F3O. The second-order valence-electron chi connectivity index (χ2n) is 4.71. The van der Waals surface area contributed by atoms with Gasteiger partial charge in [0.25, 0.3) is 0 Å². The van der Waals surface area contributed by atoms with Crippen molar-refractivity contribution in [3.05, 3.63) is 69.2 Å². The zero-order valence-corrected chi connectivity index (χ0v) is 12.8. The van der Waals surface area contributed by atoms with Gasteiger partial charge in [0, 0.05) is 6.42 Å². The van der Waals surface area contributed by atoms with Gasteiger partial charge in [0.2, 0.25) is 0 Å². The van der Waals surface area contributed by atoms with Gasteiger partial charge in [-0.15, -0.1) is 0 Å². The average Bonchev–Trinajstić information content (AvgIpc) is 2.44. The van der Waals surface area contributed by atoms with Crippen LogP contribution in [0.3, 0.4) is 0 Å². The maximum atomic E-state index is 12.5. The third kappa shape index (κ3) is 4.02. The van der Waals surface area contributed by atoms with E-state index < -0.39 is 11.7 Å². The van der Waals surface area contributed by atoms with Crippen LogP contribution >= 0.6 is 23.2 Å². The Morgan fingerprint density at radius 2 is 1.50 bits per heavy atom. The molecule has 0 spiro atoms. The maximum Gasteiger partial charge on any atom is 0.416 e. The summed E-state index contributed by atoms with van der Waals surface area (Å²) in [6.07, 6.45) is -3.92. The zero-order valence-electron chi connectivity index (χ0n) is 11.3. The van der Waals surface area contributed by atoms with Crippen molar-refractivity contribution in [3.63, 3.8) is 0 Å². The van der Waals surface area contributed by atoms with Crippen LogP contribution in [0.1, 0.15) is 27.9 Å². The summed E-state index contributed by atoms with van der Waals surface area (Å²) in [6.45, 7) is 0. The van der Waals surface area contributed by atoms with Crippen LogP contribution in [0.2, 0.25) is 10.0 Å². The molecule has 0 saturated carbocycles. The predicted octanol–water partition coefficient (Wildman–Crippen LogP) is 5.83. The molecule has 0 aliphatic rings. The summed E-state index contributed by atoms with van der Waals surface area (Å²) in [5, 5.41) is 0.537. The number of halogens is 5. The molecule has 0 saturated heterocycles. The molecule has 0 fully saturated rings. The fraction of sp³-hybridized carbons (Fsp3) is 0.188. The van der Waals surface area contributed by atoms with Gasteiger partial charge in [0.1, 0.15) is 0 Å². The number of alkyl halides is 3. The average molecular weight is 347 g/mol. The van der Waals surface area contributed by atoms with Gasteiger partial charge in [-0.25, -0.2) is 0 Å². The summed E-state index contributed by atoms with van der Waals surface area (Å²) < 4.78 is 37.4. The fourth-order valence-corrected chi connectivity index (χ4v) is 2.62. The quantitative estimate of drug-likeness (QED) is 0.636. The molecule has 6 heteroatoms. The molecule has 0 heterocycles. The smallest absolute Gasteiger partial charge is 0.294 e. The molecule has 0 radical (unpaired) electrons. The predicted molar refractivity (Wildman–Crippen MR) is 80.6 cm³/mol. The Labute approximate surface area is 135 Å². The third-order valence-corrected chi connectivity index (χ3v) is 3.79. The van der Waals surface area contributed by atoms with Gasteiger partial charge < -0.3 is 0 Å². The SMILES string of the molecule is O=C(CCc1ccc(C(F)(F)F)cc1)c1c(Cl)cccc1Cl. The number of carbonyl (C=O) groups excluding carboxylic acids is 1. The molecule has 0 N–H and O–H groups in total. The first-order chi connectivity index (χ1) is 10.3. The van der Waals surface area contributed by atoms with E-state index in [-0.39, 0.29) is 27.8 Å². The molecule has 2 aromatic carbocycles. The minimum absolute atomic E-state index is 0.120. The van der Waals surface area contributed by atoms with E-state index in [4.69, 9.17) is 23.2 Å². The summed E-state index contributed by atoms with van der Waals surface area (Å²) in [5.74, 6) is -0.240. The van der Waals surface area contributed by atoms with E-state index in [1.807, 2.05) is 0 Å². The fourth-order valence-electron chi connectivity index (χ4n) is 2.01. The van der Waals surface area contributed by atoms with E-state index in [9.17, 15) is 18.0 Å². The summed E-state index contributed by atoms with van der Waals surface area (Å²) in [7, 11) is 0. The number of rotatable bonds is 4. The molecule has 1 nitrogen and oxygen atoms in total. The van der Waals surface area contributed by atoms with Crippen molar-refractivity contribution in [2.24, 2.45) is 0 Å². The Morgan fingerprint density at radius 3 is 2.00 bits per heavy atom. The van der Waals surface area contributed by atoms with Crippen LogP contribution in [-0.2, 0) is 12.6 Å². The molecule has 2 rings (SSSR count). The van der Waals surface area contributed by atoms with Crippen LogP contribution in [0.25, 0.3) is 0 Å². The normalized spacial score (nSPS) is 11.5. The van der Waals surface area contributed by atoms with Gasteiger partial charge in [0.05, 0.1) is 21.2 Å². The standard InChI is InChI=1S/C16H11Cl2F3O/c17-12-2-1-3-13(18)15(12)14(22)9-6-10-4-7-11(8-5-10)16(19,20)21/h1-5,7-8H,6,9H2. The Bertz CT molecular complexity index is 659. The number of benzene rings is 2. The molecule has 0 atom stereocenters. The van der Waals surface area contributed by atoms with E-state index in [0.717, 1.165) is 12.1 Å². The van der Waals surface area contributed by atoms with E-state index in [1.54, 1.807) is 18.2 Å². The first kappa shape index (κ1) is 16.8. The molecule has 0 aliphatic heterocycles. The lowest BCUT2D eigenvalue weighted by Gasteiger charge is -2.08. The Morgan fingerprint density at radius 1 is 0.955 bits per heavy atom. The third-order valence-electron chi connectivity index (χ3n) is 3.16. The summed E-state index contributed by atoms with van der Waals surface area (Å²) >= 11 is 11.9. The zero-order chi connectivity index (χ0) is 16.3. The number of ketones is 1. The highest BCUT2D eigenvalue weighted by atomic mass is 35.5. The highest BCUT2D eigenvalue weighted by molar-refractivity contribution is 6.39. The van der Waals surface area contributed by atoms with Crippen molar-refractivity contribution in [1.82, 2.24) is 0 Å². The van der Waals surface area contributed by atoms with Gasteiger partial charge in [-0.3, -0.25) is 4.79 Å². The molecule has 116 valence electrons. The number of hydrogen-bond donors (Lipinski definition) is 0. The van der Waals surface area contributed by atoms with Crippen molar-refractivity contribution >= 4 is 29.0 Å². The Hall–Kier alpha value is -1.52. The van der Waals surface area contributed by atoms with Gasteiger partial charge in [0.15, 0.2) is 5.78 Å². The monoisotopic (exact) mass is 346 g/mol. The van der Waals surface area contributed by atoms with E-state index in [2.05, 4.69) is 0 Å². The molecule has 22 heavy (non-hydrogen) atoms. The minimum Gasteiger partial charge on any atom is -0.294 e. The number of hydrogen-bond acceptors (Lipinski definition) is 1. The molecule has 0 amide bonds. The Balaban J connectivity index is 2.06. The number of Topliss-reactive ketones (excluding diaryl/α,β-unsaturated/α-hetero) is 1. The van der Waals surface area contributed by atoms with Crippen LogP contribution < -0.4 is 0 Å². The van der Waals surface area contributed by atoms with Crippen molar-refractivity contribution in [2.45, 2.75) is 19.0 Å². The molecule has 0 aromatic heterocycles. The second-order valence-corrected chi connectivity index (χ2v) is 5.53. The molecule has 2 aromatic rings. The first-order valence-corrected chi connectivity index (χ1v) is 7.18.